The monoisotopic (exact) mass is 1010 g/mol. The normalized spacial score (nSPS) is 13.0. The van der Waals surface area contributed by atoms with Crippen molar-refractivity contribution in [1.29, 1.82) is 0 Å². The van der Waals surface area contributed by atoms with Crippen molar-refractivity contribution in [3.8, 4) is 11.4 Å². The fraction of sp³-hybridized carbons (Fsp3) is 0.0164. The van der Waals surface area contributed by atoms with Gasteiger partial charge >= 0.3 is 20.4 Å². The van der Waals surface area contributed by atoms with E-state index in [1.807, 2.05) is 18.3 Å². The van der Waals surface area contributed by atoms with Crippen LogP contribution in [0.1, 0.15) is 0 Å². The van der Waals surface area contributed by atoms with Crippen LogP contribution in [0.25, 0.3) is 44.4 Å². The van der Waals surface area contributed by atoms with Crippen LogP contribution in [-0.4, -0.2) is 30.7 Å². The number of pyridine rings is 1. The first-order valence-electron chi connectivity index (χ1n) is 23.1. The van der Waals surface area contributed by atoms with E-state index in [0.29, 0.717) is 0 Å². The molecule has 0 unspecified atom stereocenters. The van der Waals surface area contributed by atoms with Crippen molar-refractivity contribution >= 4 is 108 Å². The third kappa shape index (κ3) is 6.45. The fourth-order valence-electron chi connectivity index (χ4n) is 11.2. The number of aromatic nitrogens is 3. The molecule has 0 bridgehead atoms. The summed E-state index contributed by atoms with van der Waals surface area (Å²) >= 11 is 0. The number of benzene rings is 9. The van der Waals surface area contributed by atoms with Crippen LogP contribution in [0.15, 0.2) is 241 Å². The fourth-order valence-corrected chi connectivity index (χ4v) is 21.0. The van der Waals surface area contributed by atoms with Gasteiger partial charge in [0.1, 0.15) is 33.1 Å². The molecule has 0 radical (unpaired) electrons. The van der Waals surface area contributed by atoms with E-state index in [9.17, 15) is 0 Å². The number of nitrogens with zero attached hydrogens (tertiary/aromatic N) is 4. The second-order valence-electron chi connectivity index (χ2n) is 17.5. The zero-order chi connectivity index (χ0) is 45.2. The summed E-state index contributed by atoms with van der Waals surface area (Å²) in [6.07, 6.45) is 1.90. The van der Waals surface area contributed by atoms with Crippen molar-refractivity contribution in [3.05, 3.63) is 249 Å². The summed E-state index contributed by atoms with van der Waals surface area (Å²) in [5.41, 5.74) is 6.80. The summed E-state index contributed by atoms with van der Waals surface area (Å²) in [6.45, 7) is 0. The Morgan fingerprint density at radius 3 is 1.84 bits per heavy atom. The van der Waals surface area contributed by atoms with Crippen LogP contribution in [0.5, 0.6) is 0 Å². The van der Waals surface area contributed by atoms with Crippen molar-refractivity contribution in [2.24, 2.45) is 7.05 Å². The van der Waals surface area contributed by atoms with Crippen LogP contribution < -0.4 is 46.4 Å². The van der Waals surface area contributed by atoms with E-state index in [-0.39, 0.29) is 20.4 Å². The van der Waals surface area contributed by atoms with Gasteiger partial charge in [0, 0.05) is 29.7 Å². The Morgan fingerprint density at radius 1 is 0.536 bits per heavy atom. The third-order valence-corrected chi connectivity index (χ3v) is 23.5. The Kier molecular flexibility index (Phi) is 10.6. The van der Waals surface area contributed by atoms with Crippen LogP contribution in [0, 0.1) is 12.1 Å². The molecule has 0 amide bonds. The zero-order valence-electron chi connectivity index (χ0n) is 37.5. The SMILES string of the molecule is Cn1c(-c2[c-]c([Si](c3[c-]c4c(cc3)[Si](c3ccccc3)(c3ccccc3)c3c(ccc5oc6ccccc6c35)N4c3ccccn3)(c3ccccc3)c3ccccc3)ccc2)nc2ccccc21.[Pd+2]. The van der Waals surface area contributed by atoms with Crippen LogP contribution in [0.4, 0.5) is 17.2 Å². The molecule has 0 spiro atoms. The van der Waals surface area contributed by atoms with Gasteiger partial charge in [-0.15, -0.1) is 40.2 Å². The molecular weight excluding hydrogens is 967 g/mol. The molecule has 5 nitrogen and oxygen atoms in total. The Morgan fingerprint density at radius 2 is 1.16 bits per heavy atom. The van der Waals surface area contributed by atoms with E-state index in [0.717, 1.165) is 71.9 Å². The van der Waals surface area contributed by atoms with Crippen LogP contribution in [-0.2, 0) is 27.5 Å². The van der Waals surface area contributed by atoms with Crippen molar-refractivity contribution in [2.75, 3.05) is 4.90 Å². The Bertz CT molecular complexity index is 3750. The number of para-hydroxylation sites is 3. The van der Waals surface area contributed by atoms with Crippen molar-refractivity contribution in [2.45, 2.75) is 0 Å². The summed E-state index contributed by atoms with van der Waals surface area (Å²) in [5.74, 6) is 1.70. The molecule has 3 aromatic heterocycles. The summed E-state index contributed by atoms with van der Waals surface area (Å²) < 4.78 is 8.95. The average Bonchev–Trinajstić information content (AvgIpc) is 3.97. The number of anilines is 3. The average molecular weight is 1010 g/mol. The number of fused-ring (bicyclic) bond motifs is 7. The number of aryl methyl sites for hydroxylation is 1. The van der Waals surface area contributed by atoms with E-state index in [2.05, 4.69) is 247 Å². The molecule has 0 N–H and O–H groups in total. The largest absolute Gasteiger partial charge is 2.00 e. The van der Waals surface area contributed by atoms with Crippen LogP contribution in [0.2, 0.25) is 0 Å². The molecule has 13 rings (SSSR count). The zero-order valence-corrected chi connectivity index (χ0v) is 41.1. The molecular formula is C61H42N4OPdSi2. The molecule has 1 aliphatic heterocycles. The van der Waals surface area contributed by atoms with Crippen molar-refractivity contribution < 1.29 is 24.8 Å². The molecule has 0 aliphatic carbocycles. The van der Waals surface area contributed by atoms with Gasteiger partial charge in [-0.3, -0.25) is 4.98 Å². The van der Waals surface area contributed by atoms with Crippen molar-refractivity contribution in [3.63, 3.8) is 0 Å². The third-order valence-electron chi connectivity index (χ3n) is 14.0. The standard InChI is InChI=1S/C61H42N4OSi2.Pd/c1-64-52-33-16-15-32-51(52)63-61(64)43-21-20-30-48(41-43)67(44-22-6-2-7-23-44,45-24-8-3-9-25-45)49-36-39-57-54(42-49)65(58-35-18-19-40-62-58)53-37-38-56-59(50-31-14-17-34-55(50)66-56)60(53)68(57,46-26-10-4-11-27-46)47-28-12-5-13-29-47;/h2-40H,1H3;/q-2;+2. The Balaban J connectivity index is 0.00000492. The molecule has 4 heterocycles. The first-order chi connectivity index (χ1) is 33.7. The van der Waals surface area contributed by atoms with E-state index < -0.39 is 16.1 Å². The first kappa shape index (κ1) is 42.6. The summed E-state index contributed by atoms with van der Waals surface area (Å²) in [4.78, 5) is 12.7. The van der Waals surface area contributed by atoms with E-state index in [1.54, 1.807) is 0 Å². The van der Waals surface area contributed by atoms with Gasteiger partial charge in [-0.1, -0.05) is 174 Å². The summed E-state index contributed by atoms with van der Waals surface area (Å²) in [6, 6.07) is 91.9. The van der Waals surface area contributed by atoms with Crippen LogP contribution >= 0.6 is 0 Å². The quantitative estimate of drug-likeness (QED) is 0.0870. The minimum Gasteiger partial charge on any atom is -0.456 e. The number of rotatable bonds is 8. The molecule has 0 saturated heterocycles. The number of hydrogen-bond acceptors (Lipinski definition) is 4. The maximum absolute atomic E-state index is 6.77. The maximum Gasteiger partial charge on any atom is 2.00 e. The molecule has 9 aromatic carbocycles. The summed E-state index contributed by atoms with van der Waals surface area (Å²) in [5, 5.41) is 12.0. The van der Waals surface area contributed by atoms with Gasteiger partial charge in [-0.2, -0.15) is 23.4 Å². The topological polar surface area (TPSA) is 47.1 Å². The number of imidazole rings is 1. The van der Waals surface area contributed by atoms with Gasteiger partial charge < -0.3 is 13.9 Å². The molecule has 69 heavy (non-hydrogen) atoms. The van der Waals surface area contributed by atoms with Crippen molar-refractivity contribution in [1.82, 2.24) is 14.5 Å². The Labute approximate surface area is 416 Å². The van der Waals surface area contributed by atoms with Gasteiger partial charge in [-0.25, -0.2) is 4.98 Å². The number of furan rings is 1. The summed E-state index contributed by atoms with van der Waals surface area (Å²) in [7, 11) is -4.43. The van der Waals surface area contributed by atoms with E-state index >= 15 is 0 Å². The van der Waals surface area contributed by atoms with Crippen LogP contribution in [0.3, 0.4) is 0 Å². The molecule has 8 heteroatoms. The molecule has 330 valence electrons. The van der Waals surface area contributed by atoms with Gasteiger partial charge in [-0.05, 0) is 58.0 Å². The molecule has 12 aromatic rings. The maximum atomic E-state index is 6.77. The predicted molar refractivity (Wildman–Crippen MR) is 284 cm³/mol. The minimum absolute atomic E-state index is 0. The molecule has 0 saturated carbocycles. The molecule has 0 atom stereocenters. The second kappa shape index (κ2) is 17.1. The van der Waals surface area contributed by atoms with E-state index in [4.69, 9.17) is 14.4 Å². The van der Waals surface area contributed by atoms with Gasteiger partial charge in [0.2, 0.25) is 0 Å². The smallest absolute Gasteiger partial charge is 0.456 e. The van der Waals surface area contributed by atoms with Gasteiger partial charge in [0.15, 0.2) is 0 Å². The predicted octanol–water partition coefficient (Wildman–Crippen LogP) is 8.67. The molecule has 1 aliphatic rings. The second-order valence-corrected chi connectivity index (χ2v) is 24.9. The van der Waals surface area contributed by atoms with Gasteiger partial charge in [0.25, 0.3) is 0 Å². The minimum atomic E-state index is -3.27. The van der Waals surface area contributed by atoms with E-state index in [1.165, 1.54) is 31.1 Å². The first-order valence-corrected chi connectivity index (χ1v) is 27.1. The Hall–Kier alpha value is -7.70. The number of hydrogen-bond donors (Lipinski definition) is 0. The van der Waals surface area contributed by atoms with Gasteiger partial charge in [0.05, 0.1) is 16.9 Å². The molecule has 0 fully saturated rings.